The molecule has 0 spiro atoms. The van der Waals surface area contributed by atoms with E-state index in [4.69, 9.17) is 0 Å². The molecule has 1 fully saturated rings. The highest BCUT2D eigenvalue weighted by Gasteiger charge is 2.40. The number of carbonyl (C=O) groups is 2. The number of aryl methyl sites for hydroxylation is 1. The minimum Gasteiger partial charge on any atom is -0.481 e. The Morgan fingerprint density at radius 1 is 1.29 bits per heavy atom. The summed E-state index contributed by atoms with van der Waals surface area (Å²) in [5, 5.41) is 9.23. The third-order valence-electron chi connectivity index (χ3n) is 4.40. The predicted octanol–water partition coefficient (Wildman–Crippen LogP) is 2.64. The van der Waals surface area contributed by atoms with Gasteiger partial charge in [0.05, 0.1) is 17.5 Å². The molecule has 0 unspecified atom stereocenters. The SMILES string of the molecule is Cc1cncc(C(=O)N(C)C2(CC(=O)O)CCCCC2)c1. The van der Waals surface area contributed by atoms with Gasteiger partial charge in [-0.15, -0.1) is 0 Å². The largest absolute Gasteiger partial charge is 0.481 e. The molecular formula is C16H22N2O3. The van der Waals surface area contributed by atoms with E-state index in [0.717, 1.165) is 37.7 Å². The summed E-state index contributed by atoms with van der Waals surface area (Å²) in [6.45, 7) is 1.89. The summed E-state index contributed by atoms with van der Waals surface area (Å²) in [6.07, 6.45) is 7.80. The van der Waals surface area contributed by atoms with Crippen LogP contribution < -0.4 is 0 Å². The van der Waals surface area contributed by atoms with Crippen molar-refractivity contribution in [2.24, 2.45) is 0 Å². The fraction of sp³-hybridized carbons (Fsp3) is 0.562. The fourth-order valence-electron chi connectivity index (χ4n) is 3.20. The minimum absolute atomic E-state index is 0.00842. The number of amides is 1. The Kier molecular flexibility index (Phi) is 4.60. The molecule has 5 nitrogen and oxygen atoms in total. The van der Waals surface area contributed by atoms with E-state index in [1.165, 1.54) is 0 Å². The van der Waals surface area contributed by atoms with Crippen LogP contribution in [0.2, 0.25) is 0 Å². The Bertz CT molecular complexity index is 536. The molecular weight excluding hydrogens is 268 g/mol. The summed E-state index contributed by atoms with van der Waals surface area (Å²) in [5.41, 5.74) is 0.878. The lowest BCUT2D eigenvalue weighted by atomic mass is 9.78. The Balaban J connectivity index is 2.27. The van der Waals surface area contributed by atoms with E-state index in [9.17, 15) is 14.7 Å². The number of hydrogen-bond acceptors (Lipinski definition) is 3. The molecule has 1 N–H and O–H groups in total. The zero-order valence-electron chi connectivity index (χ0n) is 12.6. The van der Waals surface area contributed by atoms with Crippen molar-refractivity contribution in [2.75, 3.05) is 7.05 Å². The van der Waals surface area contributed by atoms with Gasteiger partial charge >= 0.3 is 5.97 Å². The second-order valence-corrected chi connectivity index (χ2v) is 5.97. The first kappa shape index (κ1) is 15.5. The highest BCUT2D eigenvalue weighted by atomic mass is 16.4. The van der Waals surface area contributed by atoms with E-state index in [0.29, 0.717) is 5.56 Å². The maximum Gasteiger partial charge on any atom is 0.305 e. The molecule has 0 aliphatic heterocycles. The number of aromatic nitrogens is 1. The van der Waals surface area contributed by atoms with Gasteiger partial charge in [-0.2, -0.15) is 0 Å². The second-order valence-electron chi connectivity index (χ2n) is 5.97. The average Bonchev–Trinajstić information content (AvgIpc) is 2.46. The molecule has 0 atom stereocenters. The number of carboxylic acids is 1. The van der Waals surface area contributed by atoms with Crippen LogP contribution in [0.3, 0.4) is 0 Å². The van der Waals surface area contributed by atoms with Crippen LogP contribution in [0.25, 0.3) is 0 Å². The van der Waals surface area contributed by atoms with Gasteiger partial charge in [0.2, 0.25) is 0 Å². The smallest absolute Gasteiger partial charge is 0.305 e. The van der Waals surface area contributed by atoms with Gasteiger partial charge in [-0.3, -0.25) is 14.6 Å². The van der Waals surface area contributed by atoms with Crippen LogP contribution in [-0.4, -0.2) is 39.5 Å². The van der Waals surface area contributed by atoms with Crippen molar-refractivity contribution in [3.8, 4) is 0 Å². The van der Waals surface area contributed by atoms with Gasteiger partial charge in [-0.1, -0.05) is 19.3 Å². The highest BCUT2D eigenvalue weighted by Crippen LogP contribution is 2.36. The molecule has 0 radical (unpaired) electrons. The van der Waals surface area contributed by atoms with Crippen LogP contribution in [0.15, 0.2) is 18.5 Å². The summed E-state index contributed by atoms with van der Waals surface area (Å²) in [6, 6.07) is 1.79. The Morgan fingerprint density at radius 3 is 2.52 bits per heavy atom. The molecule has 1 saturated carbocycles. The summed E-state index contributed by atoms with van der Waals surface area (Å²) < 4.78 is 0. The van der Waals surface area contributed by atoms with Gasteiger partial charge in [-0.25, -0.2) is 0 Å². The predicted molar refractivity (Wildman–Crippen MR) is 79.1 cm³/mol. The van der Waals surface area contributed by atoms with Crippen molar-refractivity contribution in [3.05, 3.63) is 29.6 Å². The second kappa shape index (κ2) is 6.24. The van der Waals surface area contributed by atoms with Crippen molar-refractivity contribution in [1.29, 1.82) is 0 Å². The van der Waals surface area contributed by atoms with Crippen LogP contribution in [0, 0.1) is 6.92 Å². The first-order valence-electron chi connectivity index (χ1n) is 7.36. The molecule has 1 amide bonds. The summed E-state index contributed by atoms with van der Waals surface area (Å²) >= 11 is 0. The molecule has 1 aromatic rings. The van der Waals surface area contributed by atoms with Crippen LogP contribution in [0.4, 0.5) is 0 Å². The van der Waals surface area contributed by atoms with Crippen LogP contribution in [0.5, 0.6) is 0 Å². The third-order valence-corrected chi connectivity index (χ3v) is 4.40. The van der Waals surface area contributed by atoms with Crippen LogP contribution in [-0.2, 0) is 4.79 Å². The van der Waals surface area contributed by atoms with E-state index in [1.807, 2.05) is 6.92 Å². The average molecular weight is 290 g/mol. The van der Waals surface area contributed by atoms with Crippen LogP contribution in [0.1, 0.15) is 54.4 Å². The molecule has 1 aromatic heterocycles. The molecule has 5 heteroatoms. The molecule has 21 heavy (non-hydrogen) atoms. The zero-order valence-corrected chi connectivity index (χ0v) is 12.6. The van der Waals surface area contributed by atoms with Crippen molar-refractivity contribution in [3.63, 3.8) is 0 Å². The van der Waals surface area contributed by atoms with Crippen molar-refractivity contribution in [1.82, 2.24) is 9.88 Å². The van der Waals surface area contributed by atoms with Crippen molar-refractivity contribution >= 4 is 11.9 Å². The van der Waals surface area contributed by atoms with Gasteiger partial charge in [0.1, 0.15) is 0 Å². The minimum atomic E-state index is -0.848. The van der Waals surface area contributed by atoms with E-state index in [-0.39, 0.29) is 12.3 Å². The van der Waals surface area contributed by atoms with Gasteiger partial charge < -0.3 is 10.0 Å². The highest BCUT2D eigenvalue weighted by molar-refractivity contribution is 5.94. The van der Waals surface area contributed by atoms with Gasteiger partial charge in [0.25, 0.3) is 5.91 Å². The van der Waals surface area contributed by atoms with E-state index >= 15 is 0 Å². The lowest BCUT2D eigenvalue weighted by Crippen LogP contribution is -2.52. The lowest BCUT2D eigenvalue weighted by Gasteiger charge is -2.43. The van der Waals surface area contributed by atoms with E-state index < -0.39 is 11.5 Å². The van der Waals surface area contributed by atoms with Crippen LogP contribution >= 0.6 is 0 Å². The number of pyridine rings is 1. The molecule has 1 aliphatic carbocycles. The Morgan fingerprint density at radius 2 is 1.95 bits per heavy atom. The summed E-state index contributed by atoms with van der Waals surface area (Å²) in [4.78, 5) is 29.6. The molecule has 1 heterocycles. The maximum atomic E-state index is 12.7. The number of rotatable bonds is 4. The molecule has 0 saturated heterocycles. The Hall–Kier alpha value is -1.91. The number of aliphatic carboxylic acids is 1. The molecule has 114 valence electrons. The standard InChI is InChI=1S/C16H22N2O3/c1-12-8-13(11-17-10-12)15(21)18(2)16(9-14(19)20)6-4-3-5-7-16/h8,10-11H,3-7,9H2,1-2H3,(H,19,20). The zero-order chi connectivity index (χ0) is 15.5. The number of hydrogen-bond donors (Lipinski definition) is 1. The van der Waals surface area contributed by atoms with E-state index in [1.54, 1.807) is 30.4 Å². The van der Waals surface area contributed by atoms with Gasteiger partial charge in [0.15, 0.2) is 0 Å². The fourth-order valence-corrected chi connectivity index (χ4v) is 3.20. The van der Waals surface area contributed by atoms with Gasteiger partial charge in [0, 0.05) is 19.4 Å². The van der Waals surface area contributed by atoms with E-state index in [2.05, 4.69) is 4.98 Å². The normalized spacial score (nSPS) is 17.2. The first-order valence-corrected chi connectivity index (χ1v) is 7.36. The summed E-state index contributed by atoms with van der Waals surface area (Å²) in [7, 11) is 1.72. The molecule has 0 bridgehead atoms. The first-order chi connectivity index (χ1) is 9.94. The number of carbonyl (C=O) groups excluding carboxylic acids is 1. The van der Waals surface area contributed by atoms with Crippen molar-refractivity contribution in [2.45, 2.75) is 51.0 Å². The number of carboxylic acid groups (broad SMARTS) is 1. The van der Waals surface area contributed by atoms with Gasteiger partial charge in [-0.05, 0) is 31.4 Å². The Labute approximate surface area is 125 Å². The third kappa shape index (κ3) is 3.40. The van der Waals surface area contributed by atoms with Crippen molar-refractivity contribution < 1.29 is 14.7 Å². The quantitative estimate of drug-likeness (QED) is 0.925. The molecule has 0 aromatic carbocycles. The lowest BCUT2D eigenvalue weighted by molar-refractivity contribution is -0.140. The molecule has 2 rings (SSSR count). The topological polar surface area (TPSA) is 70.5 Å². The number of nitrogens with zero attached hydrogens (tertiary/aromatic N) is 2. The summed E-state index contributed by atoms with van der Waals surface area (Å²) in [5.74, 6) is -0.992. The molecule has 1 aliphatic rings. The maximum absolute atomic E-state index is 12.7. The monoisotopic (exact) mass is 290 g/mol.